The van der Waals surface area contributed by atoms with E-state index in [4.69, 9.17) is 0 Å². The molecule has 0 aliphatic carbocycles. The van der Waals surface area contributed by atoms with Crippen LogP contribution in [0.25, 0.3) is 0 Å². The lowest BCUT2D eigenvalue weighted by Crippen LogP contribution is -2.31. The van der Waals surface area contributed by atoms with Crippen LogP contribution < -0.4 is 5.32 Å². The van der Waals surface area contributed by atoms with E-state index in [-0.39, 0.29) is 12.1 Å². The Labute approximate surface area is 82.6 Å². The molecular weight excluding hydrogens is 182 g/mol. The van der Waals surface area contributed by atoms with E-state index in [1.165, 1.54) is 9.75 Å². The van der Waals surface area contributed by atoms with Gasteiger partial charge in [0.05, 0.1) is 6.10 Å². The zero-order valence-electron chi connectivity index (χ0n) is 7.79. The van der Waals surface area contributed by atoms with Crippen LogP contribution in [0.1, 0.15) is 16.2 Å². The van der Waals surface area contributed by atoms with E-state index in [1.54, 1.807) is 0 Å². The molecule has 0 aromatic carbocycles. The first-order valence-corrected chi connectivity index (χ1v) is 5.54. The average Bonchev–Trinajstić information content (AvgIpc) is 2.64. The SMILES string of the molecule is Cc1ccc(CC2NCCC2O)s1. The Kier molecular flexibility index (Phi) is 2.67. The first-order chi connectivity index (χ1) is 6.25. The topological polar surface area (TPSA) is 32.3 Å². The van der Waals surface area contributed by atoms with Crippen molar-refractivity contribution in [1.29, 1.82) is 0 Å². The number of rotatable bonds is 2. The molecule has 0 amide bonds. The summed E-state index contributed by atoms with van der Waals surface area (Å²) in [6, 6.07) is 4.58. The Morgan fingerprint density at radius 2 is 2.46 bits per heavy atom. The van der Waals surface area contributed by atoms with Gasteiger partial charge in [0, 0.05) is 15.8 Å². The first kappa shape index (κ1) is 9.19. The molecule has 1 aliphatic heterocycles. The van der Waals surface area contributed by atoms with Crippen molar-refractivity contribution in [2.24, 2.45) is 0 Å². The highest BCUT2D eigenvalue weighted by Crippen LogP contribution is 2.19. The predicted molar refractivity (Wildman–Crippen MR) is 55.2 cm³/mol. The summed E-state index contributed by atoms with van der Waals surface area (Å²) in [7, 11) is 0. The Morgan fingerprint density at radius 1 is 1.62 bits per heavy atom. The molecule has 13 heavy (non-hydrogen) atoms. The third kappa shape index (κ3) is 2.10. The van der Waals surface area contributed by atoms with E-state index in [2.05, 4.69) is 24.4 Å². The standard InChI is InChI=1S/C10H15NOS/c1-7-2-3-8(13-7)6-9-10(12)4-5-11-9/h2-3,9-12H,4-6H2,1H3. The third-order valence-corrected chi connectivity index (χ3v) is 3.55. The van der Waals surface area contributed by atoms with Crippen molar-refractivity contribution in [2.75, 3.05) is 6.54 Å². The molecule has 1 aliphatic rings. The van der Waals surface area contributed by atoms with Gasteiger partial charge in [0.1, 0.15) is 0 Å². The number of nitrogens with one attached hydrogen (secondary N) is 1. The Morgan fingerprint density at radius 3 is 3.00 bits per heavy atom. The zero-order chi connectivity index (χ0) is 9.26. The molecule has 1 fully saturated rings. The summed E-state index contributed by atoms with van der Waals surface area (Å²) in [6.07, 6.45) is 1.72. The molecular formula is C10H15NOS. The molecule has 2 nitrogen and oxygen atoms in total. The van der Waals surface area contributed by atoms with Crippen molar-refractivity contribution >= 4 is 11.3 Å². The van der Waals surface area contributed by atoms with E-state index in [9.17, 15) is 5.11 Å². The van der Waals surface area contributed by atoms with Gasteiger partial charge in [-0.25, -0.2) is 0 Å². The molecule has 2 atom stereocenters. The van der Waals surface area contributed by atoms with Crippen molar-refractivity contribution in [2.45, 2.75) is 31.9 Å². The largest absolute Gasteiger partial charge is 0.391 e. The number of hydrogen-bond donors (Lipinski definition) is 2. The maximum Gasteiger partial charge on any atom is 0.0708 e. The second-order valence-electron chi connectivity index (χ2n) is 3.63. The van der Waals surface area contributed by atoms with Crippen LogP contribution in [-0.4, -0.2) is 23.8 Å². The van der Waals surface area contributed by atoms with Crippen LogP contribution in [0.15, 0.2) is 12.1 Å². The minimum Gasteiger partial charge on any atom is -0.391 e. The van der Waals surface area contributed by atoms with Gasteiger partial charge >= 0.3 is 0 Å². The van der Waals surface area contributed by atoms with Crippen LogP contribution in [0.3, 0.4) is 0 Å². The van der Waals surface area contributed by atoms with Gasteiger partial charge in [-0.05, 0) is 38.4 Å². The van der Waals surface area contributed by atoms with Crippen LogP contribution in [0, 0.1) is 6.92 Å². The van der Waals surface area contributed by atoms with Gasteiger partial charge in [0.2, 0.25) is 0 Å². The normalized spacial score (nSPS) is 28.2. The maximum absolute atomic E-state index is 9.60. The highest BCUT2D eigenvalue weighted by Gasteiger charge is 2.24. The fourth-order valence-electron chi connectivity index (χ4n) is 1.77. The lowest BCUT2D eigenvalue weighted by atomic mass is 10.1. The fourth-order valence-corrected chi connectivity index (χ4v) is 2.72. The summed E-state index contributed by atoms with van der Waals surface area (Å²) in [5, 5.41) is 12.9. The molecule has 2 heterocycles. The average molecular weight is 197 g/mol. The smallest absolute Gasteiger partial charge is 0.0708 e. The van der Waals surface area contributed by atoms with Crippen molar-refractivity contribution in [1.82, 2.24) is 5.32 Å². The Hall–Kier alpha value is -0.380. The molecule has 0 bridgehead atoms. The van der Waals surface area contributed by atoms with E-state index in [0.29, 0.717) is 0 Å². The molecule has 2 N–H and O–H groups in total. The summed E-state index contributed by atoms with van der Waals surface area (Å²) < 4.78 is 0. The van der Waals surface area contributed by atoms with Crippen molar-refractivity contribution < 1.29 is 5.11 Å². The minimum atomic E-state index is -0.151. The molecule has 72 valence electrons. The van der Waals surface area contributed by atoms with Gasteiger partial charge in [0.25, 0.3) is 0 Å². The zero-order valence-corrected chi connectivity index (χ0v) is 8.60. The van der Waals surface area contributed by atoms with Gasteiger partial charge in [-0.15, -0.1) is 11.3 Å². The molecule has 3 heteroatoms. The molecule has 1 aromatic heterocycles. The highest BCUT2D eigenvalue weighted by atomic mass is 32.1. The van der Waals surface area contributed by atoms with E-state index < -0.39 is 0 Å². The first-order valence-electron chi connectivity index (χ1n) is 4.72. The lowest BCUT2D eigenvalue weighted by molar-refractivity contribution is 0.159. The third-order valence-electron chi connectivity index (χ3n) is 2.53. The minimum absolute atomic E-state index is 0.151. The van der Waals surface area contributed by atoms with E-state index in [0.717, 1.165) is 19.4 Å². The summed E-state index contributed by atoms with van der Waals surface area (Å²) in [5.41, 5.74) is 0. The molecule has 1 saturated heterocycles. The highest BCUT2D eigenvalue weighted by molar-refractivity contribution is 7.11. The van der Waals surface area contributed by atoms with Crippen LogP contribution in [-0.2, 0) is 6.42 Å². The maximum atomic E-state index is 9.60. The summed E-state index contributed by atoms with van der Waals surface area (Å²) >= 11 is 1.83. The Bertz CT molecular complexity index is 284. The van der Waals surface area contributed by atoms with Gasteiger partial charge in [0.15, 0.2) is 0 Å². The fraction of sp³-hybridized carbons (Fsp3) is 0.600. The van der Waals surface area contributed by atoms with Gasteiger partial charge in [-0.1, -0.05) is 0 Å². The predicted octanol–water partition coefficient (Wildman–Crippen LogP) is 1.32. The molecule has 0 spiro atoms. The van der Waals surface area contributed by atoms with Gasteiger partial charge < -0.3 is 10.4 Å². The summed E-state index contributed by atoms with van der Waals surface area (Å²) in [4.78, 5) is 2.72. The van der Waals surface area contributed by atoms with Crippen molar-refractivity contribution in [3.05, 3.63) is 21.9 Å². The number of aliphatic hydroxyl groups is 1. The number of aliphatic hydroxyl groups excluding tert-OH is 1. The van der Waals surface area contributed by atoms with Crippen LogP contribution in [0.5, 0.6) is 0 Å². The van der Waals surface area contributed by atoms with E-state index in [1.807, 2.05) is 11.3 Å². The number of thiophene rings is 1. The lowest BCUT2D eigenvalue weighted by Gasteiger charge is -2.12. The number of aryl methyl sites for hydroxylation is 1. The van der Waals surface area contributed by atoms with Gasteiger partial charge in [-0.2, -0.15) is 0 Å². The van der Waals surface area contributed by atoms with Crippen molar-refractivity contribution in [3.8, 4) is 0 Å². The molecule has 0 radical (unpaired) electrons. The molecule has 0 saturated carbocycles. The number of hydrogen-bond acceptors (Lipinski definition) is 3. The molecule has 2 unspecified atom stereocenters. The van der Waals surface area contributed by atoms with Crippen LogP contribution in [0.4, 0.5) is 0 Å². The molecule has 2 rings (SSSR count). The summed E-state index contributed by atoms with van der Waals surface area (Å²) in [5.74, 6) is 0. The quantitative estimate of drug-likeness (QED) is 0.749. The van der Waals surface area contributed by atoms with Crippen LogP contribution >= 0.6 is 11.3 Å². The monoisotopic (exact) mass is 197 g/mol. The summed E-state index contributed by atoms with van der Waals surface area (Å²) in [6.45, 7) is 3.07. The van der Waals surface area contributed by atoms with Crippen molar-refractivity contribution in [3.63, 3.8) is 0 Å². The van der Waals surface area contributed by atoms with E-state index >= 15 is 0 Å². The second kappa shape index (κ2) is 3.78. The Balaban J connectivity index is 1.97. The second-order valence-corrected chi connectivity index (χ2v) is 5.01. The van der Waals surface area contributed by atoms with Crippen LogP contribution in [0.2, 0.25) is 0 Å². The molecule has 1 aromatic rings. The van der Waals surface area contributed by atoms with Gasteiger partial charge in [-0.3, -0.25) is 0 Å².